The lowest BCUT2D eigenvalue weighted by molar-refractivity contribution is -0.136. The van der Waals surface area contributed by atoms with Crippen molar-refractivity contribution in [3.05, 3.63) is 16.1 Å². The minimum absolute atomic E-state index is 0. The van der Waals surface area contributed by atoms with Gasteiger partial charge in [-0.3, -0.25) is 4.79 Å². The molecule has 5 nitrogen and oxygen atoms in total. The molecule has 22 heavy (non-hydrogen) atoms. The number of morpholine rings is 1. The van der Waals surface area contributed by atoms with E-state index in [-0.39, 0.29) is 42.4 Å². The second kappa shape index (κ2) is 8.45. The number of aryl methyl sites for hydroxylation is 1. The van der Waals surface area contributed by atoms with Gasteiger partial charge in [-0.05, 0) is 19.8 Å². The molecular formula is C14H23Cl2N3O2S. The van der Waals surface area contributed by atoms with E-state index in [1.165, 1.54) is 0 Å². The zero-order chi connectivity index (χ0) is 14.0. The average molecular weight is 368 g/mol. The van der Waals surface area contributed by atoms with Gasteiger partial charge in [0.15, 0.2) is 0 Å². The Bertz CT molecular complexity index is 486. The molecule has 0 spiro atoms. The summed E-state index contributed by atoms with van der Waals surface area (Å²) in [4.78, 5) is 17.1. The van der Waals surface area contributed by atoms with Gasteiger partial charge in [0.1, 0.15) is 11.1 Å². The number of thiazole rings is 1. The summed E-state index contributed by atoms with van der Waals surface area (Å²) in [6, 6.07) is 0. The van der Waals surface area contributed by atoms with Crippen LogP contribution in [0.2, 0.25) is 0 Å². The number of hydrogen-bond acceptors (Lipinski definition) is 5. The van der Waals surface area contributed by atoms with E-state index in [2.05, 4.69) is 21.0 Å². The summed E-state index contributed by atoms with van der Waals surface area (Å²) in [6.45, 7) is 4.01. The first-order valence-electron chi connectivity index (χ1n) is 7.27. The monoisotopic (exact) mass is 367 g/mol. The van der Waals surface area contributed by atoms with E-state index in [4.69, 9.17) is 4.74 Å². The lowest BCUT2D eigenvalue weighted by Gasteiger charge is -2.31. The number of nitrogens with zero attached hydrogens (tertiary/aromatic N) is 1. The molecule has 3 rings (SSSR count). The SMILES string of the molecule is Cc1csc(C2(NC(=O)C3CNCCO3)CCCC2)n1.Cl.Cl. The third-order valence-electron chi connectivity index (χ3n) is 4.07. The largest absolute Gasteiger partial charge is 0.366 e. The molecule has 2 heterocycles. The first-order chi connectivity index (χ1) is 9.70. The van der Waals surface area contributed by atoms with Gasteiger partial charge in [0.05, 0.1) is 12.1 Å². The number of aromatic nitrogens is 1. The first kappa shape index (κ1) is 19.6. The Labute approximate surface area is 147 Å². The van der Waals surface area contributed by atoms with E-state index in [9.17, 15) is 4.79 Å². The van der Waals surface area contributed by atoms with Crippen molar-refractivity contribution in [3.8, 4) is 0 Å². The number of amides is 1. The smallest absolute Gasteiger partial charge is 0.251 e. The van der Waals surface area contributed by atoms with Crippen molar-refractivity contribution in [3.63, 3.8) is 0 Å². The predicted octanol–water partition coefficient (Wildman–Crippen LogP) is 2.17. The maximum Gasteiger partial charge on any atom is 0.251 e. The minimum atomic E-state index is -0.373. The van der Waals surface area contributed by atoms with Crippen LogP contribution < -0.4 is 10.6 Å². The first-order valence-corrected chi connectivity index (χ1v) is 8.15. The molecule has 1 aromatic rings. The van der Waals surface area contributed by atoms with Crippen LogP contribution in [0.25, 0.3) is 0 Å². The number of rotatable bonds is 3. The van der Waals surface area contributed by atoms with Gasteiger partial charge in [-0.25, -0.2) is 4.98 Å². The Morgan fingerprint density at radius 2 is 2.18 bits per heavy atom. The number of carbonyl (C=O) groups is 1. The summed E-state index contributed by atoms with van der Waals surface area (Å²) < 4.78 is 5.54. The van der Waals surface area contributed by atoms with Crippen LogP contribution in [-0.2, 0) is 15.1 Å². The maximum atomic E-state index is 12.4. The van der Waals surface area contributed by atoms with Crippen LogP contribution in [0.5, 0.6) is 0 Å². The van der Waals surface area contributed by atoms with Gasteiger partial charge in [-0.1, -0.05) is 12.8 Å². The van der Waals surface area contributed by atoms with Crippen LogP contribution in [0.3, 0.4) is 0 Å². The van der Waals surface area contributed by atoms with Crippen LogP contribution in [0.4, 0.5) is 0 Å². The van der Waals surface area contributed by atoms with Crippen LogP contribution in [0.15, 0.2) is 5.38 Å². The average Bonchev–Trinajstić information content (AvgIpc) is 3.10. The Morgan fingerprint density at radius 3 is 2.73 bits per heavy atom. The van der Waals surface area contributed by atoms with Gasteiger partial charge in [-0.15, -0.1) is 36.2 Å². The van der Waals surface area contributed by atoms with E-state index in [0.29, 0.717) is 13.2 Å². The second-order valence-corrected chi connectivity index (χ2v) is 6.49. The van der Waals surface area contributed by atoms with Gasteiger partial charge in [-0.2, -0.15) is 0 Å². The van der Waals surface area contributed by atoms with Gasteiger partial charge in [0, 0.05) is 24.2 Å². The molecule has 0 aromatic carbocycles. The molecule has 0 radical (unpaired) electrons. The zero-order valence-electron chi connectivity index (χ0n) is 12.6. The Balaban J connectivity index is 0.00000121. The Morgan fingerprint density at radius 1 is 1.45 bits per heavy atom. The molecule has 1 saturated carbocycles. The van der Waals surface area contributed by atoms with Crippen LogP contribution in [0, 0.1) is 6.92 Å². The van der Waals surface area contributed by atoms with Crippen molar-refractivity contribution in [1.29, 1.82) is 0 Å². The molecule has 2 N–H and O–H groups in total. The highest BCUT2D eigenvalue weighted by atomic mass is 35.5. The minimum Gasteiger partial charge on any atom is -0.366 e. The number of hydrogen-bond donors (Lipinski definition) is 2. The topological polar surface area (TPSA) is 63.2 Å². The molecule has 1 aliphatic carbocycles. The molecule has 2 fully saturated rings. The molecule has 1 aromatic heterocycles. The fourth-order valence-electron chi connectivity index (χ4n) is 2.99. The molecule has 1 unspecified atom stereocenters. The summed E-state index contributed by atoms with van der Waals surface area (Å²) in [6.07, 6.45) is 3.87. The number of nitrogens with one attached hydrogen (secondary N) is 2. The van der Waals surface area contributed by atoms with Crippen LogP contribution >= 0.6 is 36.2 Å². The summed E-state index contributed by atoms with van der Waals surface area (Å²) in [5.41, 5.74) is 0.762. The third kappa shape index (κ3) is 4.11. The second-order valence-electron chi connectivity index (χ2n) is 5.64. The number of halogens is 2. The lowest BCUT2D eigenvalue weighted by Crippen LogP contribution is -2.53. The molecule has 1 aliphatic heterocycles. The van der Waals surface area contributed by atoms with E-state index < -0.39 is 0 Å². The Hall–Kier alpha value is -0.400. The molecule has 8 heteroatoms. The molecule has 126 valence electrons. The molecule has 1 atom stereocenters. The van der Waals surface area contributed by atoms with Crippen LogP contribution in [0.1, 0.15) is 36.4 Å². The standard InChI is InChI=1S/C14H21N3O2S.2ClH/c1-10-9-20-13(16-10)14(4-2-3-5-14)17-12(18)11-8-15-6-7-19-11;;/h9,11,15H,2-8H2,1H3,(H,17,18);2*1H. The maximum absolute atomic E-state index is 12.4. The molecule has 1 saturated heterocycles. The quantitative estimate of drug-likeness (QED) is 0.859. The van der Waals surface area contributed by atoms with Crippen molar-refractivity contribution < 1.29 is 9.53 Å². The summed E-state index contributed by atoms with van der Waals surface area (Å²) in [5, 5.41) is 9.54. The lowest BCUT2D eigenvalue weighted by atomic mass is 9.98. The fourth-order valence-corrected chi connectivity index (χ4v) is 4.01. The molecule has 2 aliphatic rings. The number of ether oxygens (including phenoxy) is 1. The summed E-state index contributed by atoms with van der Waals surface area (Å²) in [5.74, 6) is -0.00745. The highest BCUT2D eigenvalue weighted by molar-refractivity contribution is 7.09. The number of carbonyl (C=O) groups excluding carboxylic acids is 1. The highest BCUT2D eigenvalue weighted by Crippen LogP contribution is 2.40. The van der Waals surface area contributed by atoms with Crippen molar-refractivity contribution in [2.24, 2.45) is 0 Å². The Kier molecular flexibility index (Phi) is 7.55. The van der Waals surface area contributed by atoms with E-state index in [1.807, 2.05) is 6.92 Å². The van der Waals surface area contributed by atoms with E-state index in [1.54, 1.807) is 11.3 Å². The zero-order valence-corrected chi connectivity index (χ0v) is 15.0. The van der Waals surface area contributed by atoms with E-state index >= 15 is 0 Å². The predicted molar refractivity (Wildman–Crippen MR) is 92.2 cm³/mol. The van der Waals surface area contributed by atoms with Gasteiger partial charge in [0.2, 0.25) is 0 Å². The molecule has 0 bridgehead atoms. The van der Waals surface area contributed by atoms with Crippen molar-refractivity contribution in [2.75, 3.05) is 19.7 Å². The highest BCUT2D eigenvalue weighted by Gasteiger charge is 2.41. The van der Waals surface area contributed by atoms with Gasteiger partial charge < -0.3 is 15.4 Å². The summed E-state index contributed by atoms with van der Waals surface area (Å²) >= 11 is 1.65. The van der Waals surface area contributed by atoms with Gasteiger partial charge in [0.25, 0.3) is 5.91 Å². The summed E-state index contributed by atoms with van der Waals surface area (Å²) in [7, 11) is 0. The van der Waals surface area contributed by atoms with E-state index in [0.717, 1.165) is 42.9 Å². The third-order valence-corrected chi connectivity index (χ3v) is 5.23. The van der Waals surface area contributed by atoms with Crippen molar-refractivity contribution in [2.45, 2.75) is 44.2 Å². The van der Waals surface area contributed by atoms with Gasteiger partial charge >= 0.3 is 0 Å². The molecule has 1 amide bonds. The van der Waals surface area contributed by atoms with Crippen molar-refractivity contribution in [1.82, 2.24) is 15.6 Å². The molecular weight excluding hydrogens is 345 g/mol. The fraction of sp³-hybridized carbons (Fsp3) is 0.714. The normalized spacial score (nSPS) is 23.2. The van der Waals surface area contributed by atoms with Crippen molar-refractivity contribution >= 4 is 42.1 Å². The van der Waals surface area contributed by atoms with Crippen LogP contribution in [-0.4, -0.2) is 36.7 Å².